The van der Waals surface area contributed by atoms with Gasteiger partial charge < -0.3 is 24.4 Å². The Bertz CT molecular complexity index is 1040. The number of hydrogen-bond donors (Lipinski definition) is 1. The zero-order valence-corrected chi connectivity index (χ0v) is 22.5. The minimum absolute atomic E-state index is 0.0284. The van der Waals surface area contributed by atoms with Crippen LogP contribution in [0.4, 0.5) is 15.8 Å². The Balaban J connectivity index is 1.45. The van der Waals surface area contributed by atoms with E-state index in [-0.39, 0.29) is 30.3 Å². The van der Waals surface area contributed by atoms with Crippen molar-refractivity contribution >= 4 is 17.3 Å². The Kier molecular flexibility index (Phi) is 8.83. The third-order valence-electron chi connectivity index (χ3n) is 7.50. The molecule has 0 spiro atoms. The Morgan fingerprint density at radius 3 is 2.54 bits per heavy atom. The van der Waals surface area contributed by atoms with E-state index in [9.17, 15) is 14.3 Å². The lowest BCUT2D eigenvalue weighted by atomic mass is 9.86. The van der Waals surface area contributed by atoms with Gasteiger partial charge in [0, 0.05) is 49.8 Å². The summed E-state index contributed by atoms with van der Waals surface area (Å²) in [5.74, 6) is 1.78. The third-order valence-corrected chi connectivity index (χ3v) is 7.50. The van der Waals surface area contributed by atoms with E-state index < -0.39 is 5.97 Å². The van der Waals surface area contributed by atoms with Crippen molar-refractivity contribution in [1.82, 2.24) is 0 Å². The van der Waals surface area contributed by atoms with Crippen molar-refractivity contribution in [3.63, 3.8) is 0 Å². The molecule has 2 aliphatic rings. The zero-order valence-electron chi connectivity index (χ0n) is 22.5. The van der Waals surface area contributed by atoms with E-state index in [1.807, 2.05) is 37.3 Å². The normalized spacial score (nSPS) is 23.9. The highest BCUT2D eigenvalue weighted by atomic mass is 19.1. The average molecular weight is 513 g/mol. The Morgan fingerprint density at radius 2 is 1.86 bits per heavy atom. The number of carboxylic acid groups (broad SMARTS) is 1. The lowest BCUT2D eigenvalue weighted by Gasteiger charge is -2.40. The summed E-state index contributed by atoms with van der Waals surface area (Å²) < 4.78 is 26.9. The maximum Gasteiger partial charge on any atom is 0.305 e. The van der Waals surface area contributed by atoms with Gasteiger partial charge in [-0.25, -0.2) is 4.39 Å². The van der Waals surface area contributed by atoms with Gasteiger partial charge in [-0.1, -0.05) is 20.8 Å². The smallest absolute Gasteiger partial charge is 0.305 e. The van der Waals surface area contributed by atoms with Crippen molar-refractivity contribution in [3.05, 3.63) is 48.3 Å². The number of piperidine rings is 1. The van der Waals surface area contributed by atoms with E-state index in [0.717, 1.165) is 43.8 Å². The van der Waals surface area contributed by atoms with Gasteiger partial charge in [0.15, 0.2) is 0 Å². The molecule has 0 saturated carbocycles. The van der Waals surface area contributed by atoms with Crippen LogP contribution >= 0.6 is 0 Å². The minimum atomic E-state index is -0.754. The number of hydrogen-bond acceptors (Lipinski definition) is 5. The van der Waals surface area contributed by atoms with E-state index in [4.69, 9.17) is 9.47 Å². The van der Waals surface area contributed by atoms with E-state index in [1.165, 1.54) is 6.07 Å². The number of halogens is 1. The number of ether oxygens (including phenoxy) is 2. The first-order valence-corrected chi connectivity index (χ1v) is 13.7. The van der Waals surface area contributed by atoms with Crippen LogP contribution in [0.5, 0.6) is 11.5 Å². The number of carboxylic acids is 1. The number of nitrogens with zero attached hydrogens (tertiary/aromatic N) is 2. The molecule has 2 aromatic rings. The summed E-state index contributed by atoms with van der Waals surface area (Å²) in [5, 5.41) is 9.31. The van der Waals surface area contributed by atoms with Crippen LogP contribution in [0.1, 0.15) is 53.4 Å². The highest BCUT2D eigenvalue weighted by molar-refractivity contribution is 5.69. The van der Waals surface area contributed by atoms with Gasteiger partial charge in [-0.3, -0.25) is 4.79 Å². The van der Waals surface area contributed by atoms with E-state index in [1.54, 1.807) is 6.07 Å². The minimum Gasteiger partial charge on any atom is -0.494 e. The third kappa shape index (κ3) is 6.88. The largest absolute Gasteiger partial charge is 0.494 e. The van der Waals surface area contributed by atoms with Crippen molar-refractivity contribution < 1.29 is 23.8 Å². The van der Waals surface area contributed by atoms with Gasteiger partial charge in [0.1, 0.15) is 23.4 Å². The van der Waals surface area contributed by atoms with Crippen LogP contribution in [0.25, 0.3) is 0 Å². The lowest BCUT2D eigenvalue weighted by Crippen LogP contribution is -2.46. The van der Waals surface area contributed by atoms with Crippen molar-refractivity contribution in [3.8, 4) is 11.5 Å². The van der Waals surface area contributed by atoms with Crippen LogP contribution < -0.4 is 19.3 Å². The standard InChI is InChI=1S/C30H41FN2O4/c1-5-36-26-10-11-27(31)28(17-26)32-13-12-29(22(19-32)14-20(2)3)37-25-8-6-23(7-9-25)33-18-21(4)15-24(33)16-30(34)35/h6-11,17,20-22,24,29H,5,12-16,18-19H2,1-4H3,(H,34,35)/t21-,22?,24-,29?/m1/s1. The van der Waals surface area contributed by atoms with E-state index in [0.29, 0.717) is 36.4 Å². The number of aliphatic carboxylic acids is 1. The van der Waals surface area contributed by atoms with Gasteiger partial charge in [-0.15, -0.1) is 0 Å². The summed E-state index contributed by atoms with van der Waals surface area (Å²) in [6, 6.07) is 13.1. The zero-order chi connectivity index (χ0) is 26.5. The Morgan fingerprint density at radius 1 is 1.14 bits per heavy atom. The first-order valence-electron chi connectivity index (χ1n) is 13.7. The van der Waals surface area contributed by atoms with Gasteiger partial charge in [-0.05, 0) is 68.0 Å². The lowest BCUT2D eigenvalue weighted by molar-refractivity contribution is -0.137. The van der Waals surface area contributed by atoms with E-state index >= 15 is 0 Å². The fourth-order valence-corrected chi connectivity index (χ4v) is 5.96. The van der Waals surface area contributed by atoms with Crippen molar-refractivity contribution in [1.29, 1.82) is 0 Å². The first-order chi connectivity index (χ1) is 17.7. The highest BCUT2D eigenvalue weighted by Gasteiger charge is 2.33. The molecule has 2 aromatic carbocycles. The second kappa shape index (κ2) is 12.1. The number of rotatable bonds is 10. The molecule has 6 nitrogen and oxygen atoms in total. The molecule has 2 aliphatic heterocycles. The molecule has 2 fully saturated rings. The topological polar surface area (TPSA) is 62.2 Å². The molecule has 202 valence electrons. The van der Waals surface area contributed by atoms with Gasteiger partial charge in [0.2, 0.25) is 0 Å². The van der Waals surface area contributed by atoms with Crippen LogP contribution in [0.2, 0.25) is 0 Å². The maximum atomic E-state index is 14.8. The quantitative estimate of drug-likeness (QED) is 0.407. The molecule has 2 unspecified atom stereocenters. The summed E-state index contributed by atoms with van der Waals surface area (Å²) >= 11 is 0. The molecule has 37 heavy (non-hydrogen) atoms. The average Bonchev–Trinajstić information content (AvgIpc) is 3.21. The second-order valence-electron chi connectivity index (χ2n) is 11.1. The molecular formula is C30H41FN2O4. The summed E-state index contributed by atoms with van der Waals surface area (Å²) in [5.41, 5.74) is 1.64. The van der Waals surface area contributed by atoms with E-state index in [2.05, 4.69) is 30.6 Å². The molecule has 2 heterocycles. The summed E-state index contributed by atoms with van der Waals surface area (Å²) in [6.07, 6.45) is 2.91. The Labute approximate surface area is 220 Å². The number of anilines is 2. The molecule has 0 radical (unpaired) electrons. The molecule has 4 rings (SSSR count). The molecule has 7 heteroatoms. The maximum absolute atomic E-state index is 14.8. The van der Waals surface area contributed by atoms with Crippen LogP contribution in [-0.4, -0.2) is 49.5 Å². The molecule has 0 aromatic heterocycles. The van der Waals surface area contributed by atoms with Gasteiger partial charge in [-0.2, -0.15) is 0 Å². The fourth-order valence-electron chi connectivity index (χ4n) is 5.96. The molecular weight excluding hydrogens is 471 g/mol. The molecule has 0 bridgehead atoms. The van der Waals surface area contributed by atoms with Crippen LogP contribution in [-0.2, 0) is 4.79 Å². The van der Waals surface area contributed by atoms with Crippen molar-refractivity contribution in [2.45, 2.75) is 65.5 Å². The van der Waals surface area contributed by atoms with Gasteiger partial charge in [0.25, 0.3) is 0 Å². The second-order valence-corrected chi connectivity index (χ2v) is 11.1. The van der Waals surface area contributed by atoms with Gasteiger partial charge in [0.05, 0.1) is 18.7 Å². The number of carbonyl (C=O) groups is 1. The van der Waals surface area contributed by atoms with Crippen LogP contribution in [0, 0.1) is 23.6 Å². The summed E-state index contributed by atoms with van der Waals surface area (Å²) in [7, 11) is 0. The monoisotopic (exact) mass is 512 g/mol. The van der Waals surface area contributed by atoms with Crippen molar-refractivity contribution in [2.75, 3.05) is 36.0 Å². The van der Waals surface area contributed by atoms with Crippen molar-refractivity contribution in [2.24, 2.45) is 17.8 Å². The molecule has 4 atom stereocenters. The highest BCUT2D eigenvalue weighted by Crippen LogP contribution is 2.35. The molecule has 0 aliphatic carbocycles. The summed E-state index contributed by atoms with van der Waals surface area (Å²) in [6.45, 7) is 11.4. The molecule has 1 N–H and O–H groups in total. The summed E-state index contributed by atoms with van der Waals surface area (Å²) in [4.78, 5) is 15.7. The fraction of sp³-hybridized carbons (Fsp3) is 0.567. The van der Waals surface area contributed by atoms with Crippen LogP contribution in [0.15, 0.2) is 42.5 Å². The molecule has 2 saturated heterocycles. The SMILES string of the molecule is CCOc1ccc(F)c(N2CCC(Oc3ccc(N4C[C@H](C)C[C@@H]4CC(=O)O)cc3)C(CC(C)C)C2)c1. The predicted molar refractivity (Wildman–Crippen MR) is 145 cm³/mol. The number of benzene rings is 2. The van der Waals surface area contributed by atoms with Gasteiger partial charge >= 0.3 is 5.97 Å². The molecule has 0 amide bonds. The first kappa shape index (κ1) is 27.1. The predicted octanol–water partition coefficient (Wildman–Crippen LogP) is 6.23. The van der Waals surface area contributed by atoms with Crippen LogP contribution in [0.3, 0.4) is 0 Å². The Hall–Kier alpha value is -2.96.